The zero-order chi connectivity index (χ0) is 12.8. The molecule has 0 spiro atoms. The highest BCUT2D eigenvalue weighted by molar-refractivity contribution is 5.34. The fourth-order valence-electron chi connectivity index (χ4n) is 2.38. The second kappa shape index (κ2) is 6.71. The third-order valence-corrected chi connectivity index (χ3v) is 3.37. The Balaban J connectivity index is 1.83. The van der Waals surface area contributed by atoms with Crippen LogP contribution in [0.15, 0.2) is 18.2 Å². The number of hydrogen-bond donors (Lipinski definition) is 2. The van der Waals surface area contributed by atoms with E-state index in [0.717, 1.165) is 37.4 Å². The van der Waals surface area contributed by atoms with Gasteiger partial charge in [-0.05, 0) is 56.1 Å². The summed E-state index contributed by atoms with van der Waals surface area (Å²) >= 11 is 0. The van der Waals surface area contributed by atoms with E-state index in [-0.39, 0.29) is 5.82 Å². The van der Waals surface area contributed by atoms with Gasteiger partial charge in [0.1, 0.15) is 11.6 Å². The molecule has 3 nitrogen and oxygen atoms in total. The Bertz CT molecular complexity index is 378. The minimum Gasteiger partial charge on any atom is -0.496 e. The Morgan fingerprint density at radius 3 is 3.11 bits per heavy atom. The van der Waals surface area contributed by atoms with Crippen LogP contribution in [0.2, 0.25) is 0 Å². The molecule has 18 heavy (non-hydrogen) atoms. The van der Waals surface area contributed by atoms with E-state index in [4.69, 9.17) is 4.74 Å². The largest absolute Gasteiger partial charge is 0.496 e. The zero-order valence-corrected chi connectivity index (χ0v) is 10.8. The first-order chi connectivity index (χ1) is 8.79. The van der Waals surface area contributed by atoms with Gasteiger partial charge in [-0.25, -0.2) is 4.39 Å². The number of hydrogen-bond acceptors (Lipinski definition) is 3. The van der Waals surface area contributed by atoms with Crippen molar-refractivity contribution in [1.29, 1.82) is 0 Å². The number of piperidine rings is 1. The predicted octanol–water partition coefficient (Wildman–Crippen LogP) is 1.72. The maximum atomic E-state index is 13.2. The Labute approximate surface area is 108 Å². The maximum absolute atomic E-state index is 13.2. The average molecular weight is 252 g/mol. The molecule has 1 unspecified atom stereocenters. The molecule has 0 radical (unpaired) electrons. The molecule has 0 aromatic heterocycles. The quantitative estimate of drug-likeness (QED) is 0.837. The Morgan fingerprint density at radius 1 is 1.50 bits per heavy atom. The van der Waals surface area contributed by atoms with E-state index < -0.39 is 0 Å². The van der Waals surface area contributed by atoms with Gasteiger partial charge in [-0.15, -0.1) is 0 Å². The molecule has 0 saturated carbocycles. The minimum absolute atomic E-state index is 0.204. The lowest BCUT2D eigenvalue weighted by Crippen LogP contribution is -2.43. The van der Waals surface area contributed by atoms with Crippen molar-refractivity contribution in [3.63, 3.8) is 0 Å². The first-order valence-electron chi connectivity index (χ1n) is 6.56. The molecule has 1 aromatic rings. The van der Waals surface area contributed by atoms with Gasteiger partial charge in [-0.3, -0.25) is 0 Å². The van der Waals surface area contributed by atoms with Crippen molar-refractivity contribution in [3.05, 3.63) is 29.6 Å². The minimum atomic E-state index is -0.204. The van der Waals surface area contributed by atoms with E-state index in [1.807, 2.05) is 0 Å². The standard InChI is InChI=1S/C14H21FN2O/c1-18-14-5-4-12(15)9-11(14)6-8-17-13-3-2-7-16-10-13/h4-5,9,13,16-17H,2-3,6-8,10H2,1H3. The van der Waals surface area contributed by atoms with Gasteiger partial charge in [0.25, 0.3) is 0 Å². The van der Waals surface area contributed by atoms with Crippen LogP contribution < -0.4 is 15.4 Å². The highest BCUT2D eigenvalue weighted by Gasteiger charge is 2.12. The van der Waals surface area contributed by atoms with E-state index in [1.165, 1.54) is 18.9 Å². The molecule has 1 aliphatic rings. The molecule has 100 valence electrons. The molecule has 0 aliphatic carbocycles. The van der Waals surface area contributed by atoms with Gasteiger partial charge in [-0.2, -0.15) is 0 Å². The molecule has 0 bridgehead atoms. The topological polar surface area (TPSA) is 33.3 Å². The number of methoxy groups -OCH3 is 1. The molecule has 2 N–H and O–H groups in total. The average Bonchev–Trinajstić information content (AvgIpc) is 2.40. The highest BCUT2D eigenvalue weighted by Crippen LogP contribution is 2.19. The summed E-state index contributed by atoms with van der Waals surface area (Å²) in [6.07, 6.45) is 3.23. The van der Waals surface area contributed by atoms with Gasteiger partial charge in [0.2, 0.25) is 0 Å². The van der Waals surface area contributed by atoms with Gasteiger partial charge in [0.05, 0.1) is 7.11 Å². The van der Waals surface area contributed by atoms with E-state index in [2.05, 4.69) is 10.6 Å². The van der Waals surface area contributed by atoms with Crippen LogP contribution in [-0.4, -0.2) is 32.8 Å². The van der Waals surface area contributed by atoms with E-state index in [9.17, 15) is 4.39 Å². The lowest BCUT2D eigenvalue weighted by molar-refractivity contribution is 0.387. The van der Waals surface area contributed by atoms with Gasteiger partial charge >= 0.3 is 0 Å². The van der Waals surface area contributed by atoms with E-state index >= 15 is 0 Å². The molecular weight excluding hydrogens is 231 g/mol. The number of halogens is 1. The Hall–Kier alpha value is -1.13. The molecule has 0 amide bonds. The molecule has 2 rings (SSSR count). The Morgan fingerprint density at radius 2 is 2.39 bits per heavy atom. The summed E-state index contributed by atoms with van der Waals surface area (Å²) in [5.74, 6) is 0.560. The molecule has 1 heterocycles. The van der Waals surface area contributed by atoms with Crippen LogP contribution in [-0.2, 0) is 6.42 Å². The van der Waals surface area contributed by atoms with Crippen LogP contribution in [0.25, 0.3) is 0 Å². The van der Waals surface area contributed by atoms with Crippen LogP contribution in [0.5, 0.6) is 5.75 Å². The predicted molar refractivity (Wildman–Crippen MR) is 70.6 cm³/mol. The van der Waals surface area contributed by atoms with Crippen molar-refractivity contribution in [2.75, 3.05) is 26.7 Å². The third-order valence-electron chi connectivity index (χ3n) is 3.37. The smallest absolute Gasteiger partial charge is 0.123 e. The summed E-state index contributed by atoms with van der Waals surface area (Å²) in [7, 11) is 1.62. The Kier molecular flexibility index (Phi) is 4.96. The van der Waals surface area contributed by atoms with E-state index in [1.54, 1.807) is 19.2 Å². The van der Waals surface area contributed by atoms with Crippen LogP contribution >= 0.6 is 0 Å². The zero-order valence-electron chi connectivity index (χ0n) is 10.8. The monoisotopic (exact) mass is 252 g/mol. The third kappa shape index (κ3) is 3.68. The lowest BCUT2D eigenvalue weighted by atomic mass is 10.1. The second-order valence-electron chi connectivity index (χ2n) is 4.70. The SMILES string of the molecule is COc1ccc(F)cc1CCNC1CCCNC1. The summed E-state index contributed by atoms with van der Waals surface area (Å²) in [5.41, 5.74) is 0.925. The van der Waals surface area contributed by atoms with Crippen molar-refractivity contribution in [3.8, 4) is 5.75 Å². The number of benzene rings is 1. The van der Waals surface area contributed by atoms with Crippen LogP contribution in [0.4, 0.5) is 4.39 Å². The van der Waals surface area contributed by atoms with E-state index in [0.29, 0.717) is 6.04 Å². The van der Waals surface area contributed by atoms with Crippen LogP contribution in [0.3, 0.4) is 0 Å². The second-order valence-corrected chi connectivity index (χ2v) is 4.70. The number of nitrogens with one attached hydrogen (secondary N) is 2. The van der Waals surface area contributed by atoms with Crippen LogP contribution in [0.1, 0.15) is 18.4 Å². The van der Waals surface area contributed by atoms with Crippen molar-refractivity contribution < 1.29 is 9.13 Å². The molecule has 4 heteroatoms. The lowest BCUT2D eigenvalue weighted by Gasteiger charge is -2.24. The molecule has 1 saturated heterocycles. The maximum Gasteiger partial charge on any atom is 0.123 e. The summed E-state index contributed by atoms with van der Waals surface area (Å²) < 4.78 is 18.4. The summed E-state index contributed by atoms with van der Waals surface area (Å²) in [5, 5.41) is 6.87. The normalized spacial score (nSPS) is 19.8. The summed E-state index contributed by atoms with van der Waals surface area (Å²) in [6.45, 7) is 3.00. The van der Waals surface area contributed by atoms with Crippen molar-refractivity contribution >= 4 is 0 Å². The first kappa shape index (κ1) is 13.3. The summed E-state index contributed by atoms with van der Waals surface area (Å²) in [4.78, 5) is 0. The van der Waals surface area contributed by atoms with Gasteiger partial charge < -0.3 is 15.4 Å². The summed E-state index contributed by atoms with van der Waals surface area (Å²) in [6, 6.07) is 5.21. The molecule has 1 aliphatic heterocycles. The van der Waals surface area contributed by atoms with Gasteiger partial charge in [0.15, 0.2) is 0 Å². The molecule has 1 atom stereocenters. The number of rotatable bonds is 5. The molecule has 1 fully saturated rings. The van der Waals surface area contributed by atoms with Crippen LogP contribution in [0, 0.1) is 5.82 Å². The van der Waals surface area contributed by atoms with Gasteiger partial charge in [0, 0.05) is 12.6 Å². The molecular formula is C14H21FN2O. The number of ether oxygens (including phenoxy) is 1. The molecule has 1 aromatic carbocycles. The first-order valence-corrected chi connectivity index (χ1v) is 6.56. The van der Waals surface area contributed by atoms with Crippen molar-refractivity contribution in [1.82, 2.24) is 10.6 Å². The van der Waals surface area contributed by atoms with Crippen molar-refractivity contribution in [2.45, 2.75) is 25.3 Å². The highest BCUT2D eigenvalue weighted by atomic mass is 19.1. The van der Waals surface area contributed by atoms with Gasteiger partial charge in [-0.1, -0.05) is 0 Å². The fourth-order valence-corrected chi connectivity index (χ4v) is 2.38. The van der Waals surface area contributed by atoms with Crippen molar-refractivity contribution in [2.24, 2.45) is 0 Å². The fraction of sp³-hybridized carbons (Fsp3) is 0.571.